The van der Waals surface area contributed by atoms with Gasteiger partial charge in [0.05, 0.1) is 21.5 Å². The van der Waals surface area contributed by atoms with E-state index in [0.717, 1.165) is 16.9 Å². The summed E-state index contributed by atoms with van der Waals surface area (Å²) in [5.74, 6) is -0.368. The van der Waals surface area contributed by atoms with Crippen LogP contribution in [0.2, 0.25) is 0 Å². The minimum Gasteiger partial charge on any atom is -0.271 e. The number of nitrogens with zero attached hydrogens (tertiary/aromatic N) is 5. The van der Waals surface area contributed by atoms with E-state index < -0.39 is 11.0 Å². The molecule has 1 aromatic carbocycles. The lowest BCUT2D eigenvalue weighted by Gasteiger charge is -2.10. The Labute approximate surface area is 139 Å². The van der Waals surface area contributed by atoms with Gasteiger partial charge >= 0.3 is 5.00 Å². The van der Waals surface area contributed by atoms with Crippen LogP contribution < -0.4 is 5.43 Å². The summed E-state index contributed by atoms with van der Waals surface area (Å²) in [5, 5.41) is 22.4. The summed E-state index contributed by atoms with van der Waals surface area (Å²) < 4.78 is 1.51. The molecule has 1 atom stereocenters. The summed E-state index contributed by atoms with van der Waals surface area (Å²) in [6, 6.07) is 9.67. The number of nitro groups is 1. The summed E-state index contributed by atoms with van der Waals surface area (Å²) >= 11 is 0.973. The summed E-state index contributed by atoms with van der Waals surface area (Å²) in [4.78, 5) is 22.9. The number of aromatic nitrogens is 3. The van der Waals surface area contributed by atoms with Gasteiger partial charge in [0.2, 0.25) is 0 Å². The third-order valence-electron chi connectivity index (χ3n) is 3.28. The van der Waals surface area contributed by atoms with Gasteiger partial charge in [-0.3, -0.25) is 14.9 Å². The first-order valence-electron chi connectivity index (χ1n) is 6.93. The predicted molar refractivity (Wildman–Crippen MR) is 88.9 cm³/mol. The van der Waals surface area contributed by atoms with Crippen LogP contribution in [0, 0.1) is 10.1 Å². The van der Waals surface area contributed by atoms with Crippen molar-refractivity contribution in [2.45, 2.75) is 13.0 Å². The Morgan fingerprint density at radius 2 is 2.21 bits per heavy atom. The first-order chi connectivity index (χ1) is 11.6. The number of carbonyl (C=O) groups is 1. The molecule has 3 rings (SSSR count). The monoisotopic (exact) mass is 344 g/mol. The standard InChI is InChI=1S/C14H12N6O3S/c1-9(19-12-5-3-2-4-11(12)16-18-19)14(21)17-15-8-10-6-7-13(24-10)20(22)23/h2-9H,1H3,(H,17,21). The van der Waals surface area contributed by atoms with Crippen molar-refractivity contribution in [3.63, 3.8) is 0 Å². The van der Waals surface area contributed by atoms with E-state index in [0.29, 0.717) is 10.4 Å². The van der Waals surface area contributed by atoms with Gasteiger partial charge in [-0.1, -0.05) is 28.7 Å². The number of carbonyl (C=O) groups excluding carboxylic acids is 1. The highest BCUT2D eigenvalue weighted by Crippen LogP contribution is 2.22. The van der Waals surface area contributed by atoms with Crippen molar-refractivity contribution in [3.8, 4) is 0 Å². The molecule has 1 amide bonds. The normalized spacial score (nSPS) is 12.5. The molecular weight excluding hydrogens is 332 g/mol. The smallest absolute Gasteiger partial charge is 0.271 e. The molecule has 1 N–H and O–H groups in total. The molecule has 0 aliphatic rings. The third kappa shape index (κ3) is 3.13. The van der Waals surface area contributed by atoms with Crippen molar-refractivity contribution in [1.82, 2.24) is 20.4 Å². The zero-order valence-electron chi connectivity index (χ0n) is 12.5. The lowest BCUT2D eigenvalue weighted by atomic mass is 10.3. The highest BCUT2D eigenvalue weighted by molar-refractivity contribution is 7.16. The molecule has 0 aliphatic heterocycles. The predicted octanol–water partition coefficient (Wildman–Crippen LogP) is 2.11. The molecule has 24 heavy (non-hydrogen) atoms. The molecule has 0 spiro atoms. The van der Waals surface area contributed by atoms with Gasteiger partial charge in [0.25, 0.3) is 5.91 Å². The van der Waals surface area contributed by atoms with Crippen LogP contribution in [0.1, 0.15) is 17.8 Å². The molecule has 2 heterocycles. The van der Waals surface area contributed by atoms with Crippen LogP contribution in [-0.2, 0) is 4.79 Å². The van der Waals surface area contributed by atoms with Crippen molar-refractivity contribution in [1.29, 1.82) is 0 Å². The Bertz CT molecular complexity index is 931. The summed E-state index contributed by atoms with van der Waals surface area (Å²) in [5.41, 5.74) is 3.85. The first kappa shape index (κ1) is 15.7. The topological polar surface area (TPSA) is 115 Å². The number of fused-ring (bicyclic) bond motifs is 1. The number of hydrogen-bond acceptors (Lipinski definition) is 7. The van der Waals surface area contributed by atoms with Gasteiger partial charge in [0, 0.05) is 6.07 Å². The number of hydrogen-bond donors (Lipinski definition) is 1. The number of para-hydroxylation sites is 1. The van der Waals surface area contributed by atoms with Gasteiger partial charge in [-0.25, -0.2) is 10.1 Å². The second kappa shape index (κ2) is 6.54. The fraction of sp³-hybridized carbons (Fsp3) is 0.143. The number of rotatable bonds is 5. The maximum absolute atomic E-state index is 12.2. The second-order valence-corrected chi connectivity index (χ2v) is 5.96. The van der Waals surface area contributed by atoms with Crippen LogP contribution in [0.4, 0.5) is 5.00 Å². The van der Waals surface area contributed by atoms with Crippen molar-refractivity contribution in [2.24, 2.45) is 5.10 Å². The minimum atomic E-state index is -0.604. The van der Waals surface area contributed by atoms with E-state index in [9.17, 15) is 14.9 Å². The quantitative estimate of drug-likeness (QED) is 0.432. The zero-order chi connectivity index (χ0) is 17.1. The molecule has 122 valence electrons. The summed E-state index contributed by atoms with van der Waals surface area (Å²) in [7, 11) is 0. The van der Waals surface area contributed by atoms with Gasteiger partial charge < -0.3 is 0 Å². The van der Waals surface area contributed by atoms with E-state index in [1.54, 1.807) is 13.0 Å². The second-order valence-electron chi connectivity index (χ2n) is 4.87. The van der Waals surface area contributed by atoms with Crippen LogP contribution in [0.25, 0.3) is 11.0 Å². The fourth-order valence-electron chi connectivity index (χ4n) is 2.05. The number of thiophene rings is 1. The molecule has 0 fully saturated rings. The maximum Gasteiger partial charge on any atom is 0.324 e. The lowest BCUT2D eigenvalue weighted by Crippen LogP contribution is -2.28. The highest BCUT2D eigenvalue weighted by atomic mass is 32.1. The number of nitrogens with one attached hydrogen (secondary N) is 1. The fourth-order valence-corrected chi connectivity index (χ4v) is 2.74. The van der Waals surface area contributed by atoms with Crippen molar-refractivity contribution >= 4 is 39.5 Å². The van der Waals surface area contributed by atoms with Gasteiger partial charge in [-0.15, -0.1) is 5.10 Å². The first-order valence-corrected chi connectivity index (χ1v) is 7.75. The molecule has 9 nitrogen and oxygen atoms in total. The van der Waals surface area contributed by atoms with Gasteiger partial charge in [0.1, 0.15) is 11.6 Å². The Kier molecular flexibility index (Phi) is 4.29. The summed E-state index contributed by atoms with van der Waals surface area (Å²) in [6.45, 7) is 1.68. The van der Waals surface area contributed by atoms with E-state index in [1.807, 2.05) is 24.3 Å². The zero-order valence-corrected chi connectivity index (χ0v) is 13.3. The molecule has 0 saturated carbocycles. The van der Waals surface area contributed by atoms with E-state index in [-0.39, 0.29) is 10.9 Å². The molecule has 0 bridgehead atoms. The van der Waals surface area contributed by atoms with E-state index in [2.05, 4.69) is 20.8 Å². The Morgan fingerprint density at radius 1 is 1.42 bits per heavy atom. The summed E-state index contributed by atoms with van der Waals surface area (Å²) in [6.07, 6.45) is 1.36. The van der Waals surface area contributed by atoms with E-state index in [4.69, 9.17) is 0 Å². The van der Waals surface area contributed by atoms with Crippen LogP contribution in [0.15, 0.2) is 41.5 Å². The Hall–Kier alpha value is -3.14. The average molecular weight is 344 g/mol. The van der Waals surface area contributed by atoms with Crippen LogP contribution in [0.3, 0.4) is 0 Å². The van der Waals surface area contributed by atoms with Crippen molar-refractivity contribution in [3.05, 3.63) is 51.4 Å². The van der Waals surface area contributed by atoms with Crippen LogP contribution in [0.5, 0.6) is 0 Å². The van der Waals surface area contributed by atoms with Crippen molar-refractivity contribution < 1.29 is 9.72 Å². The SMILES string of the molecule is CC(C(=O)NN=Cc1ccc([N+](=O)[O-])s1)n1nnc2ccccc21. The lowest BCUT2D eigenvalue weighted by molar-refractivity contribution is -0.380. The van der Waals surface area contributed by atoms with Crippen LogP contribution >= 0.6 is 11.3 Å². The number of benzene rings is 1. The number of amides is 1. The van der Waals surface area contributed by atoms with Crippen LogP contribution in [-0.4, -0.2) is 32.0 Å². The van der Waals surface area contributed by atoms with Gasteiger partial charge in [0.15, 0.2) is 0 Å². The third-order valence-corrected chi connectivity index (χ3v) is 4.25. The average Bonchev–Trinajstić information content (AvgIpc) is 3.21. The number of hydrazone groups is 1. The maximum atomic E-state index is 12.2. The molecule has 2 aromatic heterocycles. The van der Waals surface area contributed by atoms with Gasteiger partial charge in [-0.2, -0.15) is 5.10 Å². The largest absolute Gasteiger partial charge is 0.324 e. The molecule has 0 aliphatic carbocycles. The molecule has 0 radical (unpaired) electrons. The van der Waals surface area contributed by atoms with Crippen molar-refractivity contribution in [2.75, 3.05) is 0 Å². The van der Waals surface area contributed by atoms with E-state index >= 15 is 0 Å². The minimum absolute atomic E-state index is 0.0187. The molecule has 10 heteroatoms. The Balaban J connectivity index is 1.67. The Morgan fingerprint density at radius 3 is 2.96 bits per heavy atom. The molecular formula is C14H12N6O3S. The highest BCUT2D eigenvalue weighted by Gasteiger charge is 2.18. The molecule has 0 saturated heterocycles. The molecule has 3 aromatic rings. The van der Waals surface area contributed by atoms with Gasteiger partial charge in [-0.05, 0) is 25.1 Å². The molecule has 1 unspecified atom stereocenters. The van der Waals surface area contributed by atoms with E-state index in [1.165, 1.54) is 17.0 Å².